The van der Waals surface area contributed by atoms with Gasteiger partial charge in [0.05, 0.1) is 18.8 Å². The predicted octanol–water partition coefficient (Wildman–Crippen LogP) is 20.5. The third-order valence-corrected chi connectivity index (χ3v) is 13.6. The van der Waals surface area contributed by atoms with Crippen molar-refractivity contribution in [1.82, 2.24) is 5.32 Å². The zero-order valence-corrected chi connectivity index (χ0v) is 46.5. The molecule has 0 aromatic carbocycles. The van der Waals surface area contributed by atoms with Crippen LogP contribution in [-0.2, 0) is 4.79 Å². The van der Waals surface area contributed by atoms with Crippen LogP contribution in [0.3, 0.4) is 0 Å². The molecular formula is C66H117NO3. The Morgan fingerprint density at radius 3 is 0.943 bits per heavy atom. The van der Waals surface area contributed by atoms with Crippen molar-refractivity contribution < 1.29 is 15.0 Å². The molecule has 0 fully saturated rings. The van der Waals surface area contributed by atoms with Crippen LogP contribution in [0.15, 0.2) is 97.2 Å². The highest BCUT2D eigenvalue weighted by atomic mass is 16.3. The van der Waals surface area contributed by atoms with E-state index in [1.54, 1.807) is 6.08 Å². The van der Waals surface area contributed by atoms with Gasteiger partial charge in [-0.3, -0.25) is 4.79 Å². The molecule has 1 amide bonds. The molecule has 4 nitrogen and oxygen atoms in total. The Balaban J connectivity index is 3.52. The van der Waals surface area contributed by atoms with Gasteiger partial charge in [-0.25, -0.2) is 0 Å². The van der Waals surface area contributed by atoms with Gasteiger partial charge in [-0.2, -0.15) is 0 Å². The van der Waals surface area contributed by atoms with E-state index in [-0.39, 0.29) is 12.5 Å². The molecule has 0 saturated heterocycles. The molecule has 3 N–H and O–H groups in total. The van der Waals surface area contributed by atoms with E-state index < -0.39 is 12.1 Å². The average Bonchev–Trinajstić information content (AvgIpc) is 3.36. The zero-order valence-electron chi connectivity index (χ0n) is 46.5. The number of hydrogen-bond acceptors (Lipinski definition) is 3. The van der Waals surface area contributed by atoms with Gasteiger partial charge in [0.25, 0.3) is 0 Å². The standard InChI is InChI=1S/C66H117NO3/c1-3-5-7-9-11-13-15-17-19-21-23-25-26-27-28-29-30-31-32-33-34-35-36-37-38-39-40-42-44-46-48-50-52-54-56-58-60-62-66(70)67-64(63-68)65(69)61-59-57-55-53-51-49-47-45-43-41-24-22-20-18-16-14-12-10-8-6-4-2/h5,7,11,13,17,19,23,25,27-28,30-31,33-34,59,61,64-65,68-69H,3-4,6,8-10,12,14-16,18,20-22,24,26,29,32,35-58,60,62-63H2,1-2H3,(H,67,70)/b7-5-,13-11-,19-17-,25-23-,28-27-,31-30-,34-33-,61-59+. The van der Waals surface area contributed by atoms with Crippen molar-refractivity contribution in [2.45, 2.75) is 309 Å². The molecule has 0 bridgehead atoms. The summed E-state index contributed by atoms with van der Waals surface area (Å²) >= 11 is 0. The molecule has 0 heterocycles. The van der Waals surface area contributed by atoms with Crippen LogP contribution in [0.4, 0.5) is 0 Å². The summed E-state index contributed by atoms with van der Waals surface area (Å²) in [5, 5.41) is 23.2. The van der Waals surface area contributed by atoms with Crippen LogP contribution in [0.25, 0.3) is 0 Å². The largest absolute Gasteiger partial charge is 0.394 e. The fraction of sp³-hybridized carbons (Fsp3) is 0.742. The number of nitrogens with one attached hydrogen (secondary N) is 1. The van der Waals surface area contributed by atoms with Crippen LogP contribution in [0, 0.1) is 0 Å². The van der Waals surface area contributed by atoms with Gasteiger partial charge in [0.15, 0.2) is 0 Å². The van der Waals surface area contributed by atoms with Crippen molar-refractivity contribution in [3.63, 3.8) is 0 Å². The Hall–Kier alpha value is -2.69. The fourth-order valence-electron chi connectivity index (χ4n) is 8.98. The number of aliphatic hydroxyl groups is 2. The summed E-state index contributed by atoms with van der Waals surface area (Å²) in [7, 11) is 0. The molecule has 0 aliphatic heterocycles. The average molecular weight is 973 g/mol. The minimum Gasteiger partial charge on any atom is -0.394 e. The molecule has 0 aromatic rings. The minimum absolute atomic E-state index is 0.0640. The van der Waals surface area contributed by atoms with Crippen LogP contribution in [0.1, 0.15) is 296 Å². The lowest BCUT2D eigenvalue weighted by Crippen LogP contribution is -2.45. The van der Waals surface area contributed by atoms with Gasteiger partial charge in [-0.1, -0.05) is 310 Å². The normalized spacial score (nSPS) is 13.5. The van der Waals surface area contributed by atoms with E-state index in [0.717, 1.165) is 70.6 Å². The summed E-state index contributed by atoms with van der Waals surface area (Å²) in [5.74, 6) is -0.0640. The molecule has 0 aromatic heterocycles. The van der Waals surface area contributed by atoms with Crippen LogP contribution in [0.5, 0.6) is 0 Å². The number of allylic oxidation sites excluding steroid dienone is 15. The van der Waals surface area contributed by atoms with Gasteiger partial charge >= 0.3 is 0 Å². The van der Waals surface area contributed by atoms with E-state index in [1.807, 2.05) is 6.08 Å². The highest BCUT2D eigenvalue weighted by Gasteiger charge is 2.18. The van der Waals surface area contributed by atoms with Gasteiger partial charge in [-0.05, 0) is 77.0 Å². The topological polar surface area (TPSA) is 69.6 Å². The van der Waals surface area contributed by atoms with Crippen molar-refractivity contribution >= 4 is 5.91 Å². The Labute approximate surface area is 436 Å². The van der Waals surface area contributed by atoms with Crippen molar-refractivity contribution in [1.29, 1.82) is 0 Å². The molecule has 4 heteroatoms. The number of hydrogen-bond donors (Lipinski definition) is 3. The van der Waals surface area contributed by atoms with E-state index in [2.05, 4.69) is 104 Å². The number of carbonyl (C=O) groups excluding carboxylic acids is 1. The Morgan fingerprint density at radius 2 is 0.629 bits per heavy atom. The second kappa shape index (κ2) is 60.6. The first kappa shape index (κ1) is 67.3. The smallest absolute Gasteiger partial charge is 0.220 e. The van der Waals surface area contributed by atoms with Crippen LogP contribution in [0.2, 0.25) is 0 Å². The third-order valence-electron chi connectivity index (χ3n) is 13.6. The van der Waals surface area contributed by atoms with Gasteiger partial charge in [0.2, 0.25) is 5.91 Å². The van der Waals surface area contributed by atoms with Gasteiger partial charge in [-0.15, -0.1) is 0 Å². The molecule has 0 aliphatic rings. The van der Waals surface area contributed by atoms with Gasteiger partial charge < -0.3 is 15.5 Å². The van der Waals surface area contributed by atoms with Crippen molar-refractivity contribution in [3.8, 4) is 0 Å². The minimum atomic E-state index is -0.844. The fourth-order valence-corrected chi connectivity index (χ4v) is 8.98. The molecule has 0 aliphatic carbocycles. The van der Waals surface area contributed by atoms with E-state index in [9.17, 15) is 15.0 Å². The molecule has 2 unspecified atom stereocenters. The second-order valence-electron chi connectivity index (χ2n) is 20.4. The summed E-state index contributed by atoms with van der Waals surface area (Å²) < 4.78 is 0. The lowest BCUT2D eigenvalue weighted by Gasteiger charge is -2.20. The highest BCUT2D eigenvalue weighted by molar-refractivity contribution is 5.76. The summed E-state index contributed by atoms with van der Waals surface area (Å²) in [5.41, 5.74) is 0. The first-order chi connectivity index (χ1) is 34.7. The monoisotopic (exact) mass is 972 g/mol. The molecule has 0 rings (SSSR count). The molecule has 2 atom stereocenters. The number of carbonyl (C=O) groups is 1. The van der Waals surface area contributed by atoms with E-state index >= 15 is 0 Å². The molecule has 0 spiro atoms. The highest BCUT2D eigenvalue weighted by Crippen LogP contribution is 2.17. The number of rotatable bonds is 55. The number of amides is 1. The Kier molecular flexibility index (Phi) is 58.3. The zero-order chi connectivity index (χ0) is 50.6. The molecule has 404 valence electrons. The van der Waals surface area contributed by atoms with Crippen LogP contribution in [-0.4, -0.2) is 34.9 Å². The Bertz CT molecular complexity index is 1290. The predicted molar refractivity (Wildman–Crippen MR) is 313 cm³/mol. The maximum atomic E-state index is 12.5. The maximum absolute atomic E-state index is 12.5. The van der Waals surface area contributed by atoms with Crippen molar-refractivity contribution in [2.24, 2.45) is 0 Å². The molecular weight excluding hydrogens is 855 g/mol. The molecule has 70 heavy (non-hydrogen) atoms. The summed E-state index contributed by atoms with van der Waals surface area (Å²) in [6.45, 7) is 4.21. The molecule has 0 saturated carbocycles. The summed E-state index contributed by atoms with van der Waals surface area (Å²) in [4.78, 5) is 12.5. The van der Waals surface area contributed by atoms with Gasteiger partial charge in [0.1, 0.15) is 0 Å². The maximum Gasteiger partial charge on any atom is 0.220 e. The summed E-state index contributed by atoms with van der Waals surface area (Å²) in [6, 6.07) is -0.627. The van der Waals surface area contributed by atoms with Crippen LogP contribution >= 0.6 is 0 Å². The van der Waals surface area contributed by atoms with Gasteiger partial charge in [0, 0.05) is 6.42 Å². The van der Waals surface area contributed by atoms with Crippen molar-refractivity contribution in [2.75, 3.05) is 6.61 Å². The summed E-state index contributed by atoms with van der Waals surface area (Å²) in [6.07, 6.45) is 90.1. The number of aliphatic hydroxyl groups excluding tert-OH is 2. The third kappa shape index (κ3) is 56.2. The van der Waals surface area contributed by atoms with Crippen LogP contribution < -0.4 is 5.32 Å². The Morgan fingerprint density at radius 1 is 0.357 bits per heavy atom. The lowest BCUT2D eigenvalue weighted by atomic mass is 10.0. The van der Waals surface area contributed by atoms with E-state index in [1.165, 1.54) is 205 Å². The SMILES string of the molecule is CC/C=C\C/C=C\C/C=C\C/C=C\C/C=C\C/C=C\C/C=C\CCCCCCCCCCCCCCCCCC(=O)NC(CO)C(O)/C=C/CCCCCCCCCCCCCCCCCCCCC. The van der Waals surface area contributed by atoms with E-state index in [0.29, 0.717) is 6.42 Å². The van der Waals surface area contributed by atoms with E-state index in [4.69, 9.17) is 0 Å². The van der Waals surface area contributed by atoms with Crippen molar-refractivity contribution in [3.05, 3.63) is 97.2 Å². The second-order valence-corrected chi connectivity index (χ2v) is 20.4. The first-order valence-corrected chi connectivity index (χ1v) is 30.5. The quantitative estimate of drug-likeness (QED) is 0.0420. The lowest BCUT2D eigenvalue weighted by molar-refractivity contribution is -0.123. The first-order valence-electron chi connectivity index (χ1n) is 30.5. The molecule has 0 radical (unpaired) electrons. The number of unbranched alkanes of at least 4 members (excludes halogenated alkanes) is 34.